The highest BCUT2D eigenvalue weighted by molar-refractivity contribution is 5.69. The van der Waals surface area contributed by atoms with Gasteiger partial charge < -0.3 is 0 Å². The first-order valence-corrected chi connectivity index (χ1v) is 7.81. The fourth-order valence-electron chi connectivity index (χ4n) is 2.37. The van der Waals surface area contributed by atoms with E-state index in [4.69, 9.17) is 5.10 Å². The van der Waals surface area contributed by atoms with Gasteiger partial charge in [-0.2, -0.15) is 5.10 Å². The molecule has 0 spiro atoms. The highest BCUT2D eigenvalue weighted by Crippen LogP contribution is 2.24. The summed E-state index contributed by atoms with van der Waals surface area (Å²) >= 11 is 0. The lowest BCUT2D eigenvalue weighted by Crippen LogP contribution is -2.09. The Bertz CT molecular complexity index is 707. The van der Waals surface area contributed by atoms with E-state index in [0.29, 0.717) is 0 Å². The molecule has 0 unspecified atom stereocenters. The lowest BCUT2D eigenvalue weighted by molar-refractivity contribution is 1.08. The van der Waals surface area contributed by atoms with Crippen LogP contribution in [0.2, 0.25) is 0 Å². The summed E-state index contributed by atoms with van der Waals surface area (Å²) in [6, 6.07) is 29.0. The van der Waals surface area contributed by atoms with Crippen molar-refractivity contribution in [3.63, 3.8) is 0 Å². The summed E-state index contributed by atoms with van der Waals surface area (Å²) in [6.07, 6.45) is 2.78. The first-order chi connectivity index (χ1) is 11.3. The zero-order valence-electron chi connectivity index (χ0n) is 13.3. The van der Waals surface area contributed by atoms with Gasteiger partial charge >= 0.3 is 0 Å². The zero-order chi connectivity index (χ0) is 15.9. The summed E-state index contributed by atoms with van der Waals surface area (Å²) in [7, 11) is 0. The summed E-state index contributed by atoms with van der Waals surface area (Å²) in [5.74, 6) is 0. The molecule has 0 amide bonds. The monoisotopic (exact) mass is 300 g/mol. The lowest BCUT2D eigenvalue weighted by atomic mass is 10.1. The molecule has 0 heterocycles. The second-order valence-electron chi connectivity index (χ2n) is 5.47. The first-order valence-electron chi connectivity index (χ1n) is 7.81. The molecule has 114 valence electrons. The normalized spacial score (nSPS) is 10.8. The van der Waals surface area contributed by atoms with E-state index in [1.165, 1.54) is 11.1 Å². The van der Waals surface area contributed by atoms with E-state index in [1.807, 2.05) is 47.6 Å². The molecule has 3 aromatic rings. The Morgan fingerprint density at radius 1 is 0.739 bits per heavy atom. The van der Waals surface area contributed by atoms with Crippen molar-refractivity contribution in [1.82, 2.24) is 0 Å². The van der Waals surface area contributed by atoms with Crippen LogP contribution >= 0.6 is 0 Å². The number of nitrogens with zero attached hydrogens (tertiary/aromatic N) is 2. The average molecular weight is 300 g/mol. The van der Waals surface area contributed by atoms with Gasteiger partial charge in [0.2, 0.25) is 0 Å². The van der Waals surface area contributed by atoms with Crippen LogP contribution in [0.5, 0.6) is 0 Å². The maximum atomic E-state index is 4.69. The third kappa shape index (κ3) is 4.07. The molecule has 0 saturated carbocycles. The number of benzene rings is 3. The third-order valence-corrected chi connectivity index (χ3v) is 3.65. The molecular weight excluding hydrogens is 280 g/mol. The van der Waals surface area contributed by atoms with Crippen molar-refractivity contribution in [2.24, 2.45) is 5.10 Å². The predicted molar refractivity (Wildman–Crippen MR) is 98.4 cm³/mol. The summed E-state index contributed by atoms with van der Waals surface area (Å²) in [5.41, 5.74) is 4.65. The fraction of sp³-hybridized carbons (Fsp3) is 0.0952. The topological polar surface area (TPSA) is 15.6 Å². The van der Waals surface area contributed by atoms with E-state index in [1.54, 1.807) is 0 Å². The van der Waals surface area contributed by atoms with Crippen LogP contribution < -0.4 is 5.01 Å². The molecule has 0 aliphatic carbocycles. The number of hydrogen-bond acceptors (Lipinski definition) is 2. The zero-order valence-corrected chi connectivity index (χ0v) is 13.3. The van der Waals surface area contributed by atoms with Gasteiger partial charge in [-0.25, -0.2) is 5.01 Å². The molecular formula is C21H20N2. The van der Waals surface area contributed by atoms with Crippen molar-refractivity contribution < 1.29 is 0 Å². The van der Waals surface area contributed by atoms with E-state index >= 15 is 0 Å². The summed E-state index contributed by atoms with van der Waals surface area (Å²) in [5, 5.41) is 6.66. The molecule has 2 nitrogen and oxygen atoms in total. The van der Waals surface area contributed by atoms with Crippen molar-refractivity contribution >= 4 is 17.6 Å². The number of rotatable bonds is 5. The average Bonchev–Trinajstić information content (AvgIpc) is 2.62. The SMILES string of the molecule is Cc1ccc(C/C=N/N(c2ccccc2)c2ccccc2)cc1. The Kier molecular flexibility index (Phi) is 4.85. The maximum Gasteiger partial charge on any atom is 0.0652 e. The molecule has 0 aliphatic rings. The van der Waals surface area contributed by atoms with Crippen LogP contribution in [0, 0.1) is 6.92 Å². The van der Waals surface area contributed by atoms with Crippen LogP contribution in [-0.2, 0) is 6.42 Å². The van der Waals surface area contributed by atoms with Gasteiger partial charge in [0.25, 0.3) is 0 Å². The smallest absolute Gasteiger partial charge is 0.0652 e. The Morgan fingerprint density at radius 2 is 1.26 bits per heavy atom. The van der Waals surface area contributed by atoms with E-state index < -0.39 is 0 Å². The van der Waals surface area contributed by atoms with E-state index in [9.17, 15) is 0 Å². The quantitative estimate of drug-likeness (QED) is 0.457. The largest absolute Gasteiger partial charge is 0.234 e. The molecule has 0 N–H and O–H groups in total. The van der Waals surface area contributed by atoms with Crippen molar-refractivity contribution in [1.29, 1.82) is 0 Å². The van der Waals surface area contributed by atoms with Gasteiger partial charge in [-0.3, -0.25) is 0 Å². The van der Waals surface area contributed by atoms with Gasteiger partial charge in [-0.05, 0) is 36.8 Å². The highest BCUT2D eigenvalue weighted by atomic mass is 15.5. The molecule has 0 saturated heterocycles. The Balaban J connectivity index is 1.81. The molecule has 0 atom stereocenters. The summed E-state index contributed by atoms with van der Waals surface area (Å²) < 4.78 is 0. The molecule has 0 aromatic heterocycles. The third-order valence-electron chi connectivity index (χ3n) is 3.65. The van der Waals surface area contributed by atoms with Gasteiger partial charge in [0.1, 0.15) is 0 Å². The minimum absolute atomic E-state index is 0.816. The van der Waals surface area contributed by atoms with E-state index in [0.717, 1.165) is 17.8 Å². The Morgan fingerprint density at radius 3 is 1.78 bits per heavy atom. The maximum absolute atomic E-state index is 4.69. The summed E-state index contributed by atoms with van der Waals surface area (Å²) in [6.45, 7) is 2.10. The number of hydrazone groups is 1. The summed E-state index contributed by atoms with van der Waals surface area (Å²) in [4.78, 5) is 0. The van der Waals surface area contributed by atoms with Gasteiger partial charge in [0.05, 0.1) is 11.4 Å². The first kappa shape index (κ1) is 15.0. The van der Waals surface area contributed by atoms with Gasteiger partial charge in [0, 0.05) is 12.6 Å². The number of hydrogen-bond donors (Lipinski definition) is 0. The standard InChI is InChI=1S/C21H20N2/c1-18-12-14-19(15-13-18)16-17-22-23(20-8-4-2-5-9-20)21-10-6-3-7-11-21/h2-15,17H,16H2,1H3/b22-17+. The second-order valence-corrected chi connectivity index (χ2v) is 5.47. The Hall–Kier alpha value is -2.87. The molecule has 3 aromatic carbocycles. The van der Waals surface area contributed by atoms with Crippen LogP contribution in [0.25, 0.3) is 0 Å². The molecule has 0 bridgehead atoms. The molecule has 23 heavy (non-hydrogen) atoms. The second kappa shape index (κ2) is 7.41. The van der Waals surface area contributed by atoms with Crippen molar-refractivity contribution in [3.05, 3.63) is 96.1 Å². The Labute approximate surface area is 137 Å². The van der Waals surface area contributed by atoms with Crippen LogP contribution in [-0.4, -0.2) is 6.21 Å². The molecule has 3 rings (SSSR count). The van der Waals surface area contributed by atoms with Gasteiger partial charge in [-0.1, -0.05) is 66.2 Å². The van der Waals surface area contributed by atoms with Crippen LogP contribution in [0.4, 0.5) is 11.4 Å². The van der Waals surface area contributed by atoms with E-state index in [2.05, 4.69) is 55.5 Å². The lowest BCUT2D eigenvalue weighted by Gasteiger charge is -2.19. The van der Waals surface area contributed by atoms with Crippen molar-refractivity contribution in [2.75, 3.05) is 5.01 Å². The molecule has 0 radical (unpaired) electrons. The van der Waals surface area contributed by atoms with Crippen molar-refractivity contribution in [2.45, 2.75) is 13.3 Å². The molecule has 0 fully saturated rings. The predicted octanol–water partition coefficient (Wildman–Crippen LogP) is 5.36. The molecule has 0 aliphatic heterocycles. The van der Waals surface area contributed by atoms with Crippen LogP contribution in [0.15, 0.2) is 90.0 Å². The van der Waals surface area contributed by atoms with Gasteiger partial charge in [-0.15, -0.1) is 0 Å². The van der Waals surface area contributed by atoms with Crippen molar-refractivity contribution in [3.8, 4) is 0 Å². The van der Waals surface area contributed by atoms with Gasteiger partial charge in [0.15, 0.2) is 0 Å². The van der Waals surface area contributed by atoms with Crippen LogP contribution in [0.1, 0.15) is 11.1 Å². The van der Waals surface area contributed by atoms with E-state index in [-0.39, 0.29) is 0 Å². The number of anilines is 2. The minimum Gasteiger partial charge on any atom is -0.234 e. The van der Waals surface area contributed by atoms with Crippen LogP contribution in [0.3, 0.4) is 0 Å². The number of aryl methyl sites for hydroxylation is 1. The highest BCUT2D eigenvalue weighted by Gasteiger charge is 2.06. The minimum atomic E-state index is 0.816. The number of para-hydroxylation sites is 2. The fourth-order valence-corrected chi connectivity index (χ4v) is 2.37. The molecule has 2 heteroatoms.